The first-order valence-corrected chi connectivity index (χ1v) is 6.43. The van der Waals surface area contributed by atoms with E-state index in [4.69, 9.17) is 11.6 Å². The largest absolute Gasteiger partial charge is 0.325 e. The summed E-state index contributed by atoms with van der Waals surface area (Å²) in [6, 6.07) is 5.66. The predicted molar refractivity (Wildman–Crippen MR) is 71.9 cm³/mol. The van der Waals surface area contributed by atoms with Crippen LogP contribution in [0.25, 0.3) is 0 Å². The van der Waals surface area contributed by atoms with E-state index in [1.165, 1.54) is 11.5 Å². The molecule has 0 radical (unpaired) electrons. The first kappa shape index (κ1) is 11.3. The van der Waals surface area contributed by atoms with Crippen LogP contribution in [0.2, 0.25) is 4.34 Å². The molecule has 0 saturated heterocycles. The van der Waals surface area contributed by atoms with Gasteiger partial charge in [-0.25, -0.2) is 0 Å². The van der Waals surface area contributed by atoms with Gasteiger partial charge in [-0.05, 0) is 23.7 Å². The van der Waals surface area contributed by atoms with Crippen molar-refractivity contribution < 1.29 is 4.79 Å². The molecular formula is C13H7ClN2OS. The number of benzene rings is 1. The Bertz CT molecular complexity index is 697. The van der Waals surface area contributed by atoms with Crippen LogP contribution in [0, 0.1) is 11.8 Å². The molecule has 0 atom stereocenters. The molecule has 1 aliphatic rings. The first-order valence-electron chi connectivity index (χ1n) is 5.28. The van der Waals surface area contributed by atoms with E-state index in [1.807, 2.05) is 18.2 Å². The van der Waals surface area contributed by atoms with Gasteiger partial charge in [-0.1, -0.05) is 29.5 Å². The number of nitrogens with one attached hydrogen (secondary N) is 1. The molecule has 2 heterocycles. The van der Waals surface area contributed by atoms with Gasteiger partial charge in [0.25, 0.3) is 0 Å². The molecule has 1 aromatic heterocycles. The second-order valence-electron chi connectivity index (χ2n) is 3.82. The second kappa shape index (κ2) is 4.45. The molecule has 3 nitrogen and oxygen atoms in total. The highest BCUT2D eigenvalue weighted by Crippen LogP contribution is 2.26. The van der Waals surface area contributed by atoms with Crippen LogP contribution in [0.3, 0.4) is 0 Å². The third-order valence-corrected chi connectivity index (χ3v) is 3.65. The van der Waals surface area contributed by atoms with E-state index in [9.17, 15) is 4.79 Å². The minimum absolute atomic E-state index is 0.00878. The highest BCUT2D eigenvalue weighted by molar-refractivity contribution is 7.10. The number of amides is 1. The van der Waals surface area contributed by atoms with Gasteiger partial charge in [0.1, 0.15) is 4.34 Å². The molecule has 1 aromatic carbocycles. The number of halogens is 1. The SMILES string of the molecule is O=C1Cc2c(C#Cc3cnsc3Cl)cccc2N1. The van der Waals surface area contributed by atoms with E-state index in [2.05, 4.69) is 21.5 Å². The maximum absolute atomic E-state index is 11.4. The zero-order valence-electron chi connectivity index (χ0n) is 9.16. The first-order chi connectivity index (χ1) is 8.74. The molecule has 3 rings (SSSR count). The van der Waals surface area contributed by atoms with E-state index < -0.39 is 0 Å². The number of hydrogen-bond donors (Lipinski definition) is 1. The lowest BCUT2D eigenvalue weighted by Gasteiger charge is -1.99. The van der Waals surface area contributed by atoms with E-state index in [1.54, 1.807) is 6.20 Å². The molecule has 0 unspecified atom stereocenters. The molecule has 0 bridgehead atoms. The van der Waals surface area contributed by atoms with Crippen molar-refractivity contribution in [3.8, 4) is 11.8 Å². The third-order valence-electron chi connectivity index (χ3n) is 2.65. The summed E-state index contributed by atoms with van der Waals surface area (Å²) >= 11 is 7.15. The van der Waals surface area contributed by atoms with Crippen LogP contribution in [0.15, 0.2) is 24.4 Å². The Hall–Kier alpha value is -1.83. The summed E-state index contributed by atoms with van der Waals surface area (Å²) in [5, 5.41) is 2.80. The minimum atomic E-state index is 0.00878. The fourth-order valence-electron chi connectivity index (χ4n) is 1.81. The van der Waals surface area contributed by atoms with Crippen LogP contribution in [-0.2, 0) is 11.2 Å². The van der Waals surface area contributed by atoms with Crippen LogP contribution in [0.4, 0.5) is 5.69 Å². The van der Waals surface area contributed by atoms with Crippen molar-refractivity contribution in [3.05, 3.63) is 45.4 Å². The molecule has 0 spiro atoms. The van der Waals surface area contributed by atoms with Gasteiger partial charge >= 0.3 is 0 Å². The number of rotatable bonds is 0. The van der Waals surface area contributed by atoms with Gasteiger partial charge in [-0.3, -0.25) is 4.79 Å². The third kappa shape index (κ3) is 1.99. The summed E-state index contributed by atoms with van der Waals surface area (Å²) < 4.78 is 4.55. The zero-order chi connectivity index (χ0) is 12.5. The van der Waals surface area contributed by atoms with Gasteiger partial charge in [0.05, 0.1) is 18.2 Å². The van der Waals surface area contributed by atoms with Gasteiger partial charge in [-0.15, -0.1) is 0 Å². The van der Waals surface area contributed by atoms with Crippen LogP contribution >= 0.6 is 23.1 Å². The van der Waals surface area contributed by atoms with Crippen molar-refractivity contribution in [3.63, 3.8) is 0 Å². The average Bonchev–Trinajstić information content (AvgIpc) is 2.91. The molecule has 0 aliphatic carbocycles. The highest BCUT2D eigenvalue weighted by atomic mass is 35.5. The van der Waals surface area contributed by atoms with Crippen LogP contribution < -0.4 is 5.32 Å². The zero-order valence-corrected chi connectivity index (χ0v) is 10.7. The summed E-state index contributed by atoms with van der Waals surface area (Å²) in [4.78, 5) is 11.4. The van der Waals surface area contributed by atoms with Crippen molar-refractivity contribution in [2.45, 2.75) is 6.42 Å². The Kier molecular flexibility index (Phi) is 2.78. The van der Waals surface area contributed by atoms with Crippen molar-refractivity contribution in [1.82, 2.24) is 4.37 Å². The summed E-state index contributed by atoms with van der Waals surface area (Å²) in [6.45, 7) is 0. The standard InChI is InChI=1S/C13H7ClN2OS/c14-13-9(7-15-18-13)5-4-8-2-1-3-11-10(8)6-12(17)16-11/h1-3,7H,6H2,(H,16,17). The summed E-state index contributed by atoms with van der Waals surface area (Å²) in [5.41, 5.74) is 3.38. The number of anilines is 1. The highest BCUT2D eigenvalue weighted by Gasteiger charge is 2.19. The average molecular weight is 275 g/mol. The van der Waals surface area contributed by atoms with Gasteiger partial charge in [0.2, 0.25) is 5.91 Å². The summed E-state index contributed by atoms with van der Waals surface area (Å²) in [7, 11) is 0. The maximum atomic E-state index is 11.4. The number of hydrogen-bond acceptors (Lipinski definition) is 3. The number of carbonyl (C=O) groups excluding carboxylic acids is 1. The molecule has 0 saturated carbocycles. The van der Waals surface area contributed by atoms with Gasteiger partial charge in [0, 0.05) is 16.8 Å². The number of nitrogens with zero attached hydrogens (tertiary/aromatic N) is 1. The number of fused-ring (bicyclic) bond motifs is 1. The van der Waals surface area contributed by atoms with Gasteiger partial charge in [0.15, 0.2) is 0 Å². The Morgan fingerprint density at radius 1 is 1.33 bits per heavy atom. The molecule has 0 fully saturated rings. The Morgan fingerprint density at radius 2 is 2.17 bits per heavy atom. The van der Waals surface area contributed by atoms with Crippen molar-refractivity contribution in [1.29, 1.82) is 0 Å². The molecule has 1 amide bonds. The fourth-order valence-corrected chi connectivity index (χ4v) is 2.48. The van der Waals surface area contributed by atoms with Gasteiger partial charge < -0.3 is 5.32 Å². The van der Waals surface area contributed by atoms with Crippen molar-refractivity contribution in [2.24, 2.45) is 0 Å². The Labute approximate surface area is 113 Å². The lowest BCUT2D eigenvalue weighted by molar-refractivity contribution is -0.115. The molecule has 2 aromatic rings. The smallest absolute Gasteiger partial charge is 0.228 e. The molecule has 18 heavy (non-hydrogen) atoms. The molecule has 5 heteroatoms. The van der Waals surface area contributed by atoms with E-state index >= 15 is 0 Å². The minimum Gasteiger partial charge on any atom is -0.325 e. The van der Waals surface area contributed by atoms with Crippen molar-refractivity contribution >= 4 is 34.7 Å². The maximum Gasteiger partial charge on any atom is 0.228 e. The Balaban J connectivity index is 2.01. The van der Waals surface area contributed by atoms with Crippen LogP contribution in [0.1, 0.15) is 16.7 Å². The lowest BCUT2D eigenvalue weighted by Crippen LogP contribution is -2.03. The number of aromatic nitrogens is 1. The van der Waals surface area contributed by atoms with Crippen molar-refractivity contribution in [2.75, 3.05) is 5.32 Å². The molecular weight excluding hydrogens is 268 g/mol. The summed E-state index contributed by atoms with van der Waals surface area (Å²) in [5.74, 6) is 6.04. The fraction of sp³-hybridized carbons (Fsp3) is 0.0769. The quantitative estimate of drug-likeness (QED) is 0.751. The summed E-state index contributed by atoms with van der Waals surface area (Å²) in [6.07, 6.45) is 2.03. The normalized spacial score (nSPS) is 12.6. The van der Waals surface area contributed by atoms with E-state index in [-0.39, 0.29) is 5.91 Å². The molecule has 88 valence electrons. The van der Waals surface area contributed by atoms with Gasteiger partial charge in [-0.2, -0.15) is 4.37 Å². The monoisotopic (exact) mass is 274 g/mol. The lowest BCUT2D eigenvalue weighted by atomic mass is 10.1. The number of carbonyl (C=O) groups is 1. The predicted octanol–water partition coefficient (Wildman–Crippen LogP) is 2.69. The van der Waals surface area contributed by atoms with E-state index in [0.29, 0.717) is 10.8 Å². The second-order valence-corrected chi connectivity index (χ2v) is 5.22. The molecule has 1 aliphatic heterocycles. The van der Waals surface area contributed by atoms with E-state index in [0.717, 1.165) is 22.4 Å². The Morgan fingerprint density at radius 3 is 2.94 bits per heavy atom. The molecule has 1 N–H and O–H groups in total. The topological polar surface area (TPSA) is 42.0 Å². The van der Waals surface area contributed by atoms with Crippen LogP contribution in [-0.4, -0.2) is 10.3 Å². The van der Waals surface area contributed by atoms with Crippen LogP contribution in [0.5, 0.6) is 0 Å².